The minimum absolute atomic E-state index is 0.0793. The molecule has 0 saturated heterocycles. The Morgan fingerprint density at radius 3 is 1.94 bits per heavy atom. The van der Waals surface area contributed by atoms with Crippen molar-refractivity contribution in [2.45, 2.75) is 73.8 Å². The van der Waals surface area contributed by atoms with E-state index in [-0.39, 0.29) is 17.4 Å². The van der Waals surface area contributed by atoms with E-state index in [0.717, 1.165) is 6.42 Å². The van der Waals surface area contributed by atoms with E-state index in [1.165, 1.54) is 12.8 Å². The summed E-state index contributed by atoms with van der Waals surface area (Å²) in [5, 5.41) is 3.07. The second-order valence-corrected chi connectivity index (χ2v) is 7.07. The molecule has 0 aromatic heterocycles. The van der Waals surface area contributed by atoms with Gasteiger partial charge in [0.2, 0.25) is 5.91 Å². The van der Waals surface area contributed by atoms with Crippen molar-refractivity contribution in [1.82, 2.24) is 5.32 Å². The monoisotopic (exact) mass is 227 g/mol. The van der Waals surface area contributed by atoms with Crippen LogP contribution in [0.4, 0.5) is 0 Å². The first-order valence-electron chi connectivity index (χ1n) is 6.29. The van der Waals surface area contributed by atoms with Crippen LogP contribution in [0, 0.1) is 10.8 Å². The topological polar surface area (TPSA) is 29.1 Å². The van der Waals surface area contributed by atoms with E-state index in [1.54, 1.807) is 6.92 Å². The number of amides is 1. The van der Waals surface area contributed by atoms with Gasteiger partial charge in [0.05, 0.1) is 0 Å². The zero-order valence-electron chi connectivity index (χ0n) is 12.1. The summed E-state index contributed by atoms with van der Waals surface area (Å²) in [6, 6.07) is 0.285. The van der Waals surface area contributed by atoms with E-state index >= 15 is 0 Å². The molecule has 0 spiro atoms. The molecule has 1 amide bonds. The van der Waals surface area contributed by atoms with E-state index in [9.17, 15) is 4.79 Å². The van der Waals surface area contributed by atoms with Gasteiger partial charge in [-0.2, -0.15) is 0 Å². The van der Waals surface area contributed by atoms with Gasteiger partial charge in [-0.05, 0) is 23.7 Å². The van der Waals surface area contributed by atoms with Crippen molar-refractivity contribution in [2.24, 2.45) is 10.8 Å². The second-order valence-electron chi connectivity index (χ2n) is 7.07. The molecule has 0 bridgehead atoms. The molecule has 0 aliphatic heterocycles. The Kier molecular flexibility index (Phi) is 5.51. The molecule has 0 aromatic rings. The van der Waals surface area contributed by atoms with Gasteiger partial charge in [-0.15, -0.1) is 0 Å². The summed E-state index contributed by atoms with van der Waals surface area (Å²) in [5.74, 6) is 0.0793. The highest BCUT2D eigenvalue weighted by Crippen LogP contribution is 2.27. The zero-order chi connectivity index (χ0) is 13.0. The van der Waals surface area contributed by atoms with Crippen LogP contribution in [-0.4, -0.2) is 11.9 Å². The minimum atomic E-state index is 0.0793. The first-order chi connectivity index (χ1) is 7.02. The molecule has 0 rings (SSSR count). The number of carbonyl (C=O) groups excluding carboxylic acids is 1. The van der Waals surface area contributed by atoms with Crippen molar-refractivity contribution in [1.29, 1.82) is 0 Å². The molecule has 1 N–H and O–H groups in total. The number of rotatable bonds is 4. The molecule has 0 aromatic carbocycles. The fraction of sp³-hybridized carbons (Fsp3) is 0.929. The molecule has 0 radical (unpaired) electrons. The van der Waals surface area contributed by atoms with Gasteiger partial charge >= 0.3 is 0 Å². The SMILES string of the molecule is CC(=O)NC(CCCC(C)(C)C)C(C)(C)C. The largest absolute Gasteiger partial charge is 0.353 e. The molecule has 2 heteroatoms. The van der Waals surface area contributed by atoms with Gasteiger partial charge in [-0.25, -0.2) is 0 Å². The Hall–Kier alpha value is -0.530. The number of nitrogens with one attached hydrogen (secondary N) is 1. The predicted molar refractivity (Wildman–Crippen MR) is 70.4 cm³/mol. The van der Waals surface area contributed by atoms with Crippen molar-refractivity contribution < 1.29 is 4.79 Å². The lowest BCUT2D eigenvalue weighted by molar-refractivity contribution is -0.120. The third kappa shape index (κ3) is 7.72. The second kappa shape index (κ2) is 5.70. The van der Waals surface area contributed by atoms with Gasteiger partial charge < -0.3 is 5.32 Å². The average molecular weight is 227 g/mol. The predicted octanol–water partition coefficient (Wildman–Crippen LogP) is 3.75. The fourth-order valence-corrected chi connectivity index (χ4v) is 1.80. The Morgan fingerprint density at radius 2 is 1.62 bits per heavy atom. The van der Waals surface area contributed by atoms with Gasteiger partial charge in [0.15, 0.2) is 0 Å². The molecule has 0 aliphatic rings. The van der Waals surface area contributed by atoms with Gasteiger partial charge in [0.1, 0.15) is 0 Å². The summed E-state index contributed by atoms with van der Waals surface area (Å²) >= 11 is 0. The highest BCUT2D eigenvalue weighted by Gasteiger charge is 2.25. The van der Waals surface area contributed by atoms with Gasteiger partial charge in [-0.1, -0.05) is 48.0 Å². The smallest absolute Gasteiger partial charge is 0.217 e. The summed E-state index contributed by atoms with van der Waals surface area (Å²) < 4.78 is 0. The van der Waals surface area contributed by atoms with Gasteiger partial charge in [0, 0.05) is 13.0 Å². The molecule has 16 heavy (non-hydrogen) atoms. The lowest BCUT2D eigenvalue weighted by atomic mass is 9.81. The van der Waals surface area contributed by atoms with Crippen molar-refractivity contribution in [3.05, 3.63) is 0 Å². The van der Waals surface area contributed by atoms with Crippen LogP contribution < -0.4 is 5.32 Å². The molecular formula is C14H29NO. The van der Waals surface area contributed by atoms with Crippen molar-refractivity contribution in [3.8, 4) is 0 Å². The average Bonchev–Trinajstić information content (AvgIpc) is 1.97. The van der Waals surface area contributed by atoms with Gasteiger partial charge in [-0.3, -0.25) is 4.79 Å². The molecule has 1 atom stereocenters. The van der Waals surface area contributed by atoms with E-state index in [2.05, 4.69) is 46.9 Å². The summed E-state index contributed by atoms with van der Waals surface area (Å²) in [6.07, 6.45) is 3.45. The van der Waals surface area contributed by atoms with Crippen LogP contribution in [0.5, 0.6) is 0 Å². The Morgan fingerprint density at radius 1 is 1.12 bits per heavy atom. The quantitative estimate of drug-likeness (QED) is 0.778. The zero-order valence-corrected chi connectivity index (χ0v) is 12.1. The van der Waals surface area contributed by atoms with Crippen LogP contribution in [0.2, 0.25) is 0 Å². The molecule has 0 saturated carbocycles. The molecule has 0 heterocycles. The Labute approximate surface area is 101 Å². The highest BCUT2D eigenvalue weighted by molar-refractivity contribution is 5.73. The van der Waals surface area contributed by atoms with E-state index < -0.39 is 0 Å². The van der Waals surface area contributed by atoms with Crippen molar-refractivity contribution >= 4 is 5.91 Å². The number of carbonyl (C=O) groups is 1. The summed E-state index contributed by atoms with van der Waals surface area (Å²) in [5.41, 5.74) is 0.530. The molecule has 1 unspecified atom stereocenters. The maximum atomic E-state index is 11.1. The highest BCUT2D eigenvalue weighted by atomic mass is 16.1. The molecule has 96 valence electrons. The van der Waals surface area contributed by atoms with Crippen LogP contribution in [0.1, 0.15) is 67.7 Å². The van der Waals surface area contributed by atoms with E-state index in [0.29, 0.717) is 5.41 Å². The van der Waals surface area contributed by atoms with Crippen molar-refractivity contribution in [3.63, 3.8) is 0 Å². The third-order valence-corrected chi connectivity index (χ3v) is 2.84. The van der Waals surface area contributed by atoms with Crippen LogP contribution in [0.3, 0.4) is 0 Å². The molecule has 0 aliphatic carbocycles. The summed E-state index contributed by atoms with van der Waals surface area (Å²) in [4.78, 5) is 11.1. The van der Waals surface area contributed by atoms with Crippen LogP contribution >= 0.6 is 0 Å². The van der Waals surface area contributed by atoms with Gasteiger partial charge in [0.25, 0.3) is 0 Å². The Balaban J connectivity index is 4.19. The third-order valence-electron chi connectivity index (χ3n) is 2.84. The van der Waals surface area contributed by atoms with Crippen LogP contribution in [0.25, 0.3) is 0 Å². The maximum absolute atomic E-state index is 11.1. The minimum Gasteiger partial charge on any atom is -0.353 e. The lowest BCUT2D eigenvalue weighted by Gasteiger charge is -2.32. The van der Waals surface area contributed by atoms with Crippen LogP contribution in [0.15, 0.2) is 0 Å². The number of hydrogen-bond donors (Lipinski definition) is 1. The first-order valence-corrected chi connectivity index (χ1v) is 6.29. The molecular weight excluding hydrogens is 198 g/mol. The molecule has 0 fully saturated rings. The number of hydrogen-bond acceptors (Lipinski definition) is 1. The van der Waals surface area contributed by atoms with Crippen molar-refractivity contribution in [2.75, 3.05) is 0 Å². The Bertz CT molecular complexity index is 220. The standard InChI is InChI=1S/C14H29NO/c1-11(16)15-12(14(5,6)7)9-8-10-13(2,3)4/h12H,8-10H2,1-7H3,(H,15,16). The van der Waals surface area contributed by atoms with E-state index in [1.807, 2.05) is 0 Å². The first kappa shape index (κ1) is 15.5. The summed E-state index contributed by atoms with van der Waals surface area (Å²) in [6.45, 7) is 14.9. The van der Waals surface area contributed by atoms with Crippen LogP contribution in [-0.2, 0) is 4.79 Å². The molecule has 2 nitrogen and oxygen atoms in total. The fourth-order valence-electron chi connectivity index (χ4n) is 1.80. The maximum Gasteiger partial charge on any atom is 0.217 e. The van der Waals surface area contributed by atoms with E-state index in [4.69, 9.17) is 0 Å². The summed E-state index contributed by atoms with van der Waals surface area (Å²) in [7, 11) is 0. The normalized spacial score (nSPS) is 14.7. The lowest BCUT2D eigenvalue weighted by Crippen LogP contribution is -2.42.